The van der Waals surface area contributed by atoms with E-state index in [1.54, 1.807) is 0 Å². The van der Waals surface area contributed by atoms with Gasteiger partial charge >= 0.3 is 0 Å². The van der Waals surface area contributed by atoms with Crippen LogP contribution in [0.15, 0.2) is 12.1 Å². The van der Waals surface area contributed by atoms with E-state index in [0.717, 1.165) is 18.9 Å². The Bertz CT molecular complexity index is 501. The molecule has 112 valence electrons. The Morgan fingerprint density at radius 3 is 2.40 bits per heavy atom. The molecule has 2 rings (SSSR count). The fourth-order valence-corrected chi connectivity index (χ4v) is 3.54. The number of hydrogen-bond acceptors (Lipinski definition) is 1. The van der Waals surface area contributed by atoms with Gasteiger partial charge in [-0.3, -0.25) is 0 Å². The van der Waals surface area contributed by atoms with Crippen molar-refractivity contribution in [3.8, 4) is 0 Å². The van der Waals surface area contributed by atoms with Gasteiger partial charge in [-0.25, -0.2) is 13.2 Å². The normalized spacial score (nSPS) is 30.8. The smallest absolute Gasteiger partial charge is 0.194 e. The molecule has 1 aliphatic carbocycles. The number of halogens is 3. The second kappa shape index (κ2) is 5.40. The van der Waals surface area contributed by atoms with Crippen LogP contribution in [-0.2, 0) is 5.60 Å². The molecular weight excluding hydrogens is 265 g/mol. The molecule has 0 heterocycles. The number of aliphatic hydroxyl groups is 1. The van der Waals surface area contributed by atoms with Crippen LogP contribution in [0.5, 0.6) is 0 Å². The molecule has 3 atom stereocenters. The second-order valence-electron chi connectivity index (χ2n) is 6.38. The van der Waals surface area contributed by atoms with Gasteiger partial charge in [0.25, 0.3) is 0 Å². The van der Waals surface area contributed by atoms with E-state index in [1.807, 2.05) is 20.8 Å². The molecule has 0 spiro atoms. The molecule has 1 aromatic rings. The Balaban J connectivity index is 2.53. The first-order valence-electron chi connectivity index (χ1n) is 7.13. The fraction of sp³-hybridized carbons (Fsp3) is 0.625. The molecule has 1 saturated carbocycles. The maximum Gasteiger partial charge on any atom is 0.194 e. The van der Waals surface area contributed by atoms with Gasteiger partial charge in [0.1, 0.15) is 0 Å². The van der Waals surface area contributed by atoms with Crippen molar-refractivity contribution in [1.29, 1.82) is 0 Å². The molecule has 1 aliphatic rings. The third kappa shape index (κ3) is 2.46. The average molecular weight is 286 g/mol. The van der Waals surface area contributed by atoms with Crippen molar-refractivity contribution in [2.45, 2.75) is 45.6 Å². The Morgan fingerprint density at radius 1 is 1.15 bits per heavy atom. The van der Waals surface area contributed by atoms with Gasteiger partial charge in [0.05, 0.1) is 5.60 Å². The zero-order chi connectivity index (χ0) is 15.1. The Morgan fingerprint density at radius 2 is 1.80 bits per heavy atom. The van der Waals surface area contributed by atoms with Gasteiger partial charge in [-0.15, -0.1) is 0 Å². The van der Waals surface area contributed by atoms with E-state index in [4.69, 9.17) is 0 Å². The lowest BCUT2D eigenvalue weighted by Gasteiger charge is -2.45. The van der Waals surface area contributed by atoms with Gasteiger partial charge in [0, 0.05) is 5.56 Å². The summed E-state index contributed by atoms with van der Waals surface area (Å²) in [4.78, 5) is 0. The average Bonchev–Trinajstić information content (AvgIpc) is 2.35. The highest BCUT2D eigenvalue weighted by atomic mass is 19.2. The summed E-state index contributed by atoms with van der Waals surface area (Å²) < 4.78 is 40.6. The summed E-state index contributed by atoms with van der Waals surface area (Å²) in [7, 11) is 0. The third-order valence-corrected chi connectivity index (χ3v) is 4.55. The zero-order valence-corrected chi connectivity index (χ0v) is 12.1. The first kappa shape index (κ1) is 15.4. The van der Waals surface area contributed by atoms with E-state index in [1.165, 1.54) is 6.07 Å². The summed E-state index contributed by atoms with van der Waals surface area (Å²) in [6.07, 6.45) is 2.09. The SMILES string of the molecule is CC1CCC(C(C)C)C(O)(c2ccc(F)c(F)c2F)C1. The molecule has 3 unspecified atom stereocenters. The lowest BCUT2D eigenvalue weighted by atomic mass is 9.64. The van der Waals surface area contributed by atoms with Crippen molar-refractivity contribution < 1.29 is 18.3 Å². The molecule has 20 heavy (non-hydrogen) atoms. The molecule has 4 heteroatoms. The maximum atomic E-state index is 14.1. The van der Waals surface area contributed by atoms with Gasteiger partial charge < -0.3 is 5.11 Å². The van der Waals surface area contributed by atoms with E-state index in [9.17, 15) is 18.3 Å². The molecule has 1 N–H and O–H groups in total. The Hall–Kier alpha value is -1.03. The number of hydrogen-bond donors (Lipinski definition) is 1. The van der Waals surface area contributed by atoms with Crippen molar-refractivity contribution in [2.75, 3.05) is 0 Å². The minimum Gasteiger partial charge on any atom is -0.385 e. The van der Waals surface area contributed by atoms with Gasteiger partial charge in [0.2, 0.25) is 0 Å². The topological polar surface area (TPSA) is 20.2 Å². The molecule has 1 nitrogen and oxygen atoms in total. The highest BCUT2D eigenvalue weighted by Crippen LogP contribution is 2.48. The van der Waals surface area contributed by atoms with Crippen LogP contribution in [0.25, 0.3) is 0 Å². The molecule has 1 aromatic carbocycles. The van der Waals surface area contributed by atoms with E-state index in [0.29, 0.717) is 6.42 Å². The molecular formula is C16H21F3O. The zero-order valence-electron chi connectivity index (χ0n) is 12.1. The Labute approximate surface area is 117 Å². The van der Waals surface area contributed by atoms with Crippen LogP contribution < -0.4 is 0 Å². The molecule has 0 amide bonds. The highest BCUT2D eigenvalue weighted by Gasteiger charge is 2.46. The van der Waals surface area contributed by atoms with Gasteiger partial charge in [0.15, 0.2) is 17.5 Å². The van der Waals surface area contributed by atoms with E-state index < -0.39 is 23.1 Å². The van der Waals surface area contributed by atoms with E-state index in [-0.39, 0.29) is 23.3 Å². The molecule has 0 saturated heterocycles. The highest BCUT2D eigenvalue weighted by molar-refractivity contribution is 5.28. The summed E-state index contributed by atoms with van der Waals surface area (Å²) in [5.41, 5.74) is -1.54. The first-order valence-corrected chi connectivity index (χ1v) is 7.13. The van der Waals surface area contributed by atoms with Crippen LogP contribution in [-0.4, -0.2) is 5.11 Å². The van der Waals surface area contributed by atoms with Crippen molar-refractivity contribution in [2.24, 2.45) is 17.8 Å². The molecule has 0 aliphatic heterocycles. The van der Waals surface area contributed by atoms with Crippen LogP contribution in [0.2, 0.25) is 0 Å². The molecule has 0 aromatic heterocycles. The van der Waals surface area contributed by atoms with Crippen molar-refractivity contribution in [1.82, 2.24) is 0 Å². The lowest BCUT2D eigenvalue weighted by molar-refractivity contribution is -0.0892. The van der Waals surface area contributed by atoms with Crippen LogP contribution in [0.3, 0.4) is 0 Å². The summed E-state index contributed by atoms with van der Waals surface area (Å²) in [6.45, 7) is 5.91. The van der Waals surface area contributed by atoms with Gasteiger partial charge in [-0.2, -0.15) is 0 Å². The molecule has 0 radical (unpaired) electrons. The maximum absolute atomic E-state index is 14.1. The van der Waals surface area contributed by atoms with Crippen LogP contribution in [0, 0.1) is 35.2 Å². The molecule has 1 fully saturated rings. The summed E-state index contributed by atoms with van der Waals surface area (Å²) in [5, 5.41) is 11.0. The number of benzene rings is 1. The summed E-state index contributed by atoms with van der Waals surface area (Å²) >= 11 is 0. The summed E-state index contributed by atoms with van der Waals surface area (Å²) in [6, 6.07) is 2.07. The third-order valence-electron chi connectivity index (χ3n) is 4.55. The van der Waals surface area contributed by atoms with Crippen LogP contribution in [0.1, 0.15) is 45.6 Å². The van der Waals surface area contributed by atoms with Crippen molar-refractivity contribution >= 4 is 0 Å². The quantitative estimate of drug-likeness (QED) is 0.800. The van der Waals surface area contributed by atoms with E-state index in [2.05, 4.69) is 0 Å². The minimum absolute atomic E-state index is 0.110. The van der Waals surface area contributed by atoms with E-state index >= 15 is 0 Å². The molecule has 0 bridgehead atoms. The van der Waals surface area contributed by atoms with Crippen LogP contribution in [0.4, 0.5) is 13.2 Å². The Kier molecular flexibility index (Phi) is 4.14. The van der Waals surface area contributed by atoms with Gasteiger partial charge in [-0.05, 0) is 36.7 Å². The standard InChI is InChI=1S/C16H21F3O/c1-9(2)11-5-4-10(3)8-16(11,20)12-6-7-13(17)15(19)14(12)18/h6-7,9-11,20H,4-5,8H2,1-3H3. The predicted octanol–water partition coefficient (Wildman–Crippen LogP) is 4.38. The minimum atomic E-state index is -1.50. The van der Waals surface area contributed by atoms with Crippen LogP contribution >= 0.6 is 0 Å². The second-order valence-corrected chi connectivity index (χ2v) is 6.38. The summed E-state index contributed by atoms with van der Waals surface area (Å²) in [5.74, 6) is -3.77. The lowest BCUT2D eigenvalue weighted by Crippen LogP contribution is -2.43. The first-order chi connectivity index (χ1) is 9.27. The van der Waals surface area contributed by atoms with Gasteiger partial charge in [-0.1, -0.05) is 33.3 Å². The predicted molar refractivity (Wildman–Crippen MR) is 71.6 cm³/mol. The largest absolute Gasteiger partial charge is 0.385 e. The monoisotopic (exact) mass is 286 g/mol. The fourth-order valence-electron chi connectivity index (χ4n) is 3.54. The van der Waals surface area contributed by atoms with Crippen molar-refractivity contribution in [3.63, 3.8) is 0 Å². The van der Waals surface area contributed by atoms with Crippen molar-refractivity contribution in [3.05, 3.63) is 35.1 Å². The number of rotatable bonds is 2.